The van der Waals surface area contributed by atoms with E-state index in [0.29, 0.717) is 30.3 Å². The summed E-state index contributed by atoms with van der Waals surface area (Å²) in [5, 5.41) is 0. The number of carbonyl (C=O) groups is 3. The topological polar surface area (TPSA) is 82.1 Å². The number of amides is 1. The summed E-state index contributed by atoms with van der Waals surface area (Å²) >= 11 is 0. The van der Waals surface area contributed by atoms with Crippen molar-refractivity contribution in [3.8, 4) is 11.5 Å². The van der Waals surface area contributed by atoms with Crippen LogP contribution in [-0.2, 0) is 14.3 Å². The van der Waals surface area contributed by atoms with Crippen LogP contribution in [0.1, 0.15) is 27.9 Å². The second-order valence-corrected chi connectivity index (χ2v) is 7.51. The summed E-state index contributed by atoms with van der Waals surface area (Å²) in [4.78, 5) is 39.0. The molecule has 0 aliphatic carbocycles. The van der Waals surface area contributed by atoms with E-state index in [0.717, 1.165) is 16.8 Å². The van der Waals surface area contributed by atoms with Crippen molar-refractivity contribution in [2.75, 3.05) is 31.3 Å². The summed E-state index contributed by atoms with van der Waals surface area (Å²) in [6.45, 7) is 4.69. The van der Waals surface area contributed by atoms with Crippen molar-refractivity contribution in [3.05, 3.63) is 53.1 Å². The number of hydrogen-bond acceptors (Lipinski definition) is 6. The van der Waals surface area contributed by atoms with Gasteiger partial charge in [-0.05, 0) is 49.2 Å². The molecule has 0 spiro atoms. The number of nitrogens with zero attached hydrogens (tertiary/aromatic N) is 1. The maximum Gasteiger partial charge on any atom is 0.311 e. The van der Waals surface area contributed by atoms with Gasteiger partial charge in [0.2, 0.25) is 5.91 Å². The average molecular weight is 409 g/mol. The van der Waals surface area contributed by atoms with Crippen LogP contribution in [0, 0.1) is 19.8 Å². The zero-order chi connectivity index (χ0) is 21.3. The van der Waals surface area contributed by atoms with Crippen molar-refractivity contribution in [1.82, 2.24) is 0 Å². The molecule has 0 radical (unpaired) electrons. The van der Waals surface area contributed by atoms with E-state index < -0.39 is 11.9 Å². The first-order chi connectivity index (χ1) is 14.4. The number of benzene rings is 2. The zero-order valence-corrected chi connectivity index (χ0v) is 17.0. The second kappa shape index (κ2) is 8.18. The van der Waals surface area contributed by atoms with Gasteiger partial charge in [-0.1, -0.05) is 12.1 Å². The molecule has 30 heavy (non-hydrogen) atoms. The lowest BCUT2D eigenvalue weighted by atomic mass is 10.1. The van der Waals surface area contributed by atoms with Gasteiger partial charge in [-0.15, -0.1) is 0 Å². The Hall–Kier alpha value is -3.35. The Morgan fingerprint density at radius 3 is 2.67 bits per heavy atom. The van der Waals surface area contributed by atoms with Crippen molar-refractivity contribution in [2.45, 2.75) is 20.3 Å². The minimum atomic E-state index is -0.592. The van der Waals surface area contributed by atoms with Crippen LogP contribution in [0.15, 0.2) is 36.4 Å². The molecule has 1 fully saturated rings. The van der Waals surface area contributed by atoms with Gasteiger partial charge < -0.3 is 19.1 Å². The van der Waals surface area contributed by atoms with Crippen LogP contribution in [0.3, 0.4) is 0 Å². The molecule has 2 aromatic carbocycles. The van der Waals surface area contributed by atoms with Crippen molar-refractivity contribution in [3.63, 3.8) is 0 Å². The molecule has 0 N–H and O–H groups in total. The summed E-state index contributed by atoms with van der Waals surface area (Å²) in [5.41, 5.74) is 3.28. The third kappa shape index (κ3) is 3.87. The highest BCUT2D eigenvalue weighted by Gasteiger charge is 2.37. The van der Waals surface area contributed by atoms with E-state index in [1.807, 2.05) is 32.0 Å². The molecule has 1 atom stereocenters. The van der Waals surface area contributed by atoms with Gasteiger partial charge >= 0.3 is 5.97 Å². The number of esters is 1. The molecule has 0 bridgehead atoms. The van der Waals surface area contributed by atoms with Crippen LogP contribution >= 0.6 is 0 Å². The average Bonchev–Trinajstić information content (AvgIpc) is 3.14. The van der Waals surface area contributed by atoms with Crippen LogP contribution in [0.4, 0.5) is 5.69 Å². The summed E-state index contributed by atoms with van der Waals surface area (Å²) in [5.74, 6) is -0.498. The molecule has 2 heterocycles. The molecule has 1 saturated heterocycles. The molecule has 7 nitrogen and oxygen atoms in total. The molecule has 0 unspecified atom stereocenters. The van der Waals surface area contributed by atoms with E-state index in [2.05, 4.69) is 0 Å². The fourth-order valence-corrected chi connectivity index (χ4v) is 3.68. The number of carbonyl (C=O) groups excluding carboxylic acids is 3. The van der Waals surface area contributed by atoms with Gasteiger partial charge in [0.15, 0.2) is 23.9 Å². The molecule has 2 aliphatic rings. The highest BCUT2D eigenvalue weighted by Crippen LogP contribution is 2.31. The number of fused-ring (bicyclic) bond motifs is 1. The van der Waals surface area contributed by atoms with Crippen molar-refractivity contribution >= 4 is 23.3 Å². The molecule has 4 rings (SSSR count). The summed E-state index contributed by atoms with van der Waals surface area (Å²) in [7, 11) is 0. The lowest BCUT2D eigenvalue weighted by Gasteiger charge is -2.20. The van der Waals surface area contributed by atoms with E-state index in [1.165, 1.54) is 0 Å². The minimum absolute atomic E-state index is 0.0738. The second-order valence-electron chi connectivity index (χ2n) is 7.51. The molecule has 0 saturated carbocycles. The van der Waals surface area contributed by atoms with Crippen molar-refractivity contribution < 1.29 is 28.6 Å². The number of anilines is 1. The smallest absolute Gasteiger partial charge is 0.311 e. The van der Waals surface area contributed by atoms with Gasteiger partial charge in [0.25, 0.3) is 0 Å². The molecule has 2 aliphatic heterocycles. The number of aryl methyl sites for hydroxylation is 1. The van der Waals surface area contributed by atoms with Gasteiger partial charge in [-0.2, -0.15) is 0 Å². The summed E-state index contributed by atoms with van der Waals surface area (Å²) < 4.78 is 16.1. The molecule has 156 valence electrons. The molecular weight excluding hydrogens is 386 g/mol. The van der Waals surface area contributed by atoms with Crippen LogP contribution in [-0.4, -0.2) is 44.0 Å². The van der Waals surface area contributed by atoms with Crippen molar-refractivity contribution in [1.29, 1.82) is 0 Å². The van der Waals surface area contributed by atoms with E-state index in [4.69, 9.17) is 14.2 Å². The largest absolute Gasteiger partial charge is 0.486 e. The zero-order valence-electron chi connectivity index (χ0n) is 17.0. The van der Waals surface area contributed by atoms with Gasteiger partial charge in [0, 0.05) is 24.2 Å². The number of hydrogen-bond donors (Lipinski definition) is 0. The Kier molecular flexibility index (Phi) is 5.44. The Bertz CT molecular complexity index is 1010. The normalized spacial score (nSPS) is 17.7. The Balaban J connectivity index is 1.37. The first-order valence-corrected chi connectivity index (χ1v) is 9.90. The Labute approximate surface area is 174 Å². The first-order valence-electron chi connectivity index (χ1n) is 9.90. The van der Waals surface area contributed by atoms with Crippen LogP contribution in [0.5, 0.6) is 11.5 Å². The Morgan fingerprint density at radius 1 is 1.10 bits per heavy atom. The predicted molar refractivity (Wildman–Crippen MR) is 109 cm³/mol. The molecule has 1 amide bonds. The highest BCUT2D eigenvalue weighted by atomic mass is 16.6. The van der Waals surface area contributed by atoms with Crippen LogP contribution in [0.2, 0.25) is 0 Å². The fourth-order valence-electron chi connectivity index (χ4n) is 3.68. The number of rotatable bonds is 5. The number of Topliss-reactive ketones (excluding diaryl/α,β-unsaturated/α-hetero) is 1. The molecule has 7 heteroatoms. The van der Waals surface area contributed by atoms with E-state index >= 15 is 0 Å². The fraction of sp³-hybridized carbons (Fsp3) is 0.348. The number of ketones is 1. The van der Waals surface area contributed by atoms with Gasteiger partial charge in [0.1, 0.15) is 13.2 Å². The van der Waals surface area contributed by atoms with E-state index in [-0.39, 0.29) is 31.3 Å². The maximum atomic E-state index is 12.5. The summed E-state index contributed by atoms with van der Waals surface area (Å²) in [6.07, 6.45) is 0.0738. The SMILES string of the molecule is Cc1cccc(N2C[C@H](C(=O)OCC(=O)c3ccc4c(c3)OCCO4)CC2=O)c1C. The lowest BCUT2D eigenvalue weighted by molar-refractivity contribution is -0.147. The molecular formula is C23H23NO6. The van der Waals surface area contributed by atoms with Crippen molar-refractivity contribution in [2.24, 2.45) is 5.92 Å². The van der Waals surface area contributed by atoms with Gasteiger partial charge in [-0.3, -0.25) is 14.4 Å². The maximum absolute atomic E-state index is 12.5. The summed E-state index contributed by atoms with van der Waals surface area (Å²) in [6, 6.07) is 10.6. The van der Waals surface area contributed by atoms with Crippen LogP contribution < -0.4 is 14.4 Å². The minimum Gasteiger partial charge on any atom is -0.486 e. The first kappa shape index (κ1) is 19.9. The van der Waals surface area contributed by atoms with Gasteiger partial charge in [0.05, 0.1) is 5.92 Å². The standard InChI is InChI=1S/C23H23NO6/c1-14-4-3-5-18(15(14)2)24-12-17(11-22(24)26)23(27)30-13-19(25)16-6-7-20-21(10-16)29-9-8-28-20/h3-7,10,17H,8-9,11-13H2,1-2H3/t17-/m1/s1. The molecule has 2 aromatic rings. The highest BCUT2D eigenvalue weighted by molar-refractivity contribution is 6.01. The monoisotopic (exact) mass is 409 g/mol. The third-order valence-corrected chi connectivity index (χ3v) is 5.53. The predicted octanol–water partition coefficient (Wildman–Crippen LogP) is 2.85. The lowest BCUT2D eigenvalue weighted by Crippen LogP contribution is -2.28. The van der Waals surface area contributed by atoms with E-state index in [1.54, 1.807) is 23.1 Å². The quantitative estimate of drug-likeness (QED) is 0.558. The van der Waals surface area contributed by atoms with Crippen LogP contribution in [0.25, 0.3) is 0 Å². The molecule has 0 aromatic heterocycles. The van der Waals surface area contributed by atoms with Gasteiger partial charge in [-0.25, -0.2) is 0 Å². The Morgan fingerprint density at radius 2 is 1.87 bits per heavy atom. The third-order valence-electron chi connectivity index (χ3n) is 5.53. The number of ether oxygens (including phenoxy) is 3. The van der Waals surface area contributed by atoms with E-state index in [9.17, 15) is 14.4 Å².